The van der Waals surface area contributed by atoms with Crippen molar-refractivity contribution in [1.29, 1.82) is 0 Å². The molecule has 1 fully saturated rings. The van der Waals surface area contributed by atoms with E-state index in [2.05, 4.69) is 23.0 Å². The van der Waals surface area contributed by atoms with Crippen molar-refractivity contribution < 1.29 is 22.7 Å². The summed E-state index contributed by atoms with van der Waals surface area (Å²) < 4.78 is 40.6. The van der Waals surface area contributed by atoms with Gasteiger partial charge in [-0.2, -0.15) is 0 Å². The van der Waals surface area contributed by atoms with Crippen LogP contribution in [-0.4, -0.2) is 37.5 Å². The smallest absolute Gasteiger partial charge is 0.341 e. The van der Waals surface area contributed by atoms with Crippen molar-refractivity contribution in [3.63, 3.8) is 0 Å². The highest BCUT2D eigenvalue weighted by Gasteiger charge is 2.44. The summed E-state index contributed by atoms with van der Waals surface area (Å²) in [6.45, 7) is 2.19. The second-order valence-corrected chi connectivity index (χ2v) is 11.0. The van der Waals surface area contributed by atoms with E-state index in [0.717, 1.165) is 43.4 Å². The molecule has 1 aliphatic carbocycles. The number of methoxy groups -OCH3 is 1. The van der Waals surface area contributed by atoms with Gasteiger partial charge in [-0.15, -0.1) is 0 Å². The standard InChI is InChI=1S/C27H29N3O5S/c1-3-18-4-9-25-20(14-18)7-10-24(19-5-6-19)30(25)36(32,33)22-8-11-26(23(15-22)27(31)34-2)35-16-21-12-13-28-17-29-21/h4,8-9,11-15,17,19,24H,3,5-7,10,16H2,1-2H3/t24-/m0/s1. The van der Waals surface area contributed by atoms with Crippen molar-refractivity contribution in [2.45, 2.75) is 56.6 Å². The van der Waals surface area contributed by atoms with Crippen LogP contribution in [0, 0.1) is 5.92 Å². The van der Waals surface area contributed by atoms with Crippen LogP contribution in [0.25, 0.3) is 0 Å². The number of esters is 1. The summed E-state index contributed by atoms with van der Waals surface area (Å²) >= 11 is 0. The van der Waals surface area contributed by atoms with Crippen LogP contribution < -0.4 is 9.04 Å². The number of hydrogen-bond acceptors (Lipinski definition) is 7. The van der Waals surface area contributed by atoms with E-state index in [1.54, 1.807) is 16.6 Å². The largest absolute Gasteiger partial charge is 0.486 e. The Bertz CT molecular complexity index is 1370. The van der Waals surface area contributed by atoms with Crippen LogP contribution in [0.2, 0.25) is 0 Å². The summed E-state index contributed by atoms with van der Waals surface area (Å²) in [5.41, 5.74) is 3.65. The Kier molecular flexibility index (Phi) is 6.66. The normalized spacial score (nSPS) is 17.4. The summed E-state index contributed by atoms with van der Waals surface area (Å²) in [6, 6.07) is 12.0. The number of rotatable bonds is 8. The van der Waals surface area contributed by atoms with Gasteiger partial charge in [0.25, 0.3) is 10.0 Å². The predicted molar refractivity (Wildman–Crippen MR) is 134 cm³/mol. The summed E-state index contributed by atoms with van der Waals surface area (Å²) in [5.74, 6) is -0.0887. The van der Waals surface area contributed by atoms with E-state index in [-0.39, 0.29) is 28.9 Å². The lowest BCUT2D eigenvalue weighted by molar-refractivity contribution is 0.0595. The Morgan fingerprint density at radius 1 is 1.11 bits per heavy atom. The zero-order valence-electron chi connectivity index (χ0n) is 20.4. The lowest BCUT2D eigenvalue weighted by Gasteiger charge is -2.38. The van der Waals surface area contributed by atoms with Crippen LogP contribution in [0.15, 0.2) is 59.9 Å². The number of sulfonamides is 1. The summed E-state index contributed by atoms with van der Waals surface area (Å²) in [4.78, 5) is 20.6. The van der Waals surface area contributed by atoms with Crippen molar-refractivity contribution in [2.75, 3.05) is 11.4 Å². The number of ether oxygens (including phenoxy) is 2. The number of aromatic nitrogens is 2. The first-order chi connectivity index (χ1) is 17.4. The highest BCUT2D eigenvalue weighted by Crippen LogP contribution is 2.45. The molecule has 2 aliphatic rings. The molecule has 2 aromatic carbocycles. The van der Waals surface area contributed by atoms with Crippen LogP contribution in [0.5, 0.6) is 5.75 Å². The molecule has 1 aromatic heterocycles. The van der Waals surface area contributed by atoms with Crippen molar-refractivity contribution >= 4 is 21.7 Å². The number of anilines is 1. The third-order valence-electron chi connectivity index (χ3n) is 6.90. The van der Waals surface area contributed by atoms with E-state index in [1.165, 1.54) is 37.2 Å². The van der Waals surface area contributed by atoms with E-state index < -0.39 is 16.0 Å². The van der Waals surface area contributed by atoms with Crippen molar-refractivity contribution in [2.24, 2.45) is 5.92 Å². The molecule has 8 nitrogen and oxygen atoms in total. The Hall–Kier alpha value is -3.46. The third-order valence-corrected chi connectivity index (χ3v) is 8.73. The molecule has 0 radical (unpaired) electrons. The molecule has 3 aromatic rings. The van der Waals surface area contributed by atoms with Gasteiger partial charge in [-0.25, -0.2) is 23.2 Å². The Balaban J connectivity index is 1.53. The molecule has 0 saturated heterocycles. The minimum Gasteiger partial charge on any atom is -0.486 e. The number of carbonyl (C=O) groups is 1. The second kappa shape index (κ2) is 9.89. The minimum atomic E-state index is -3.95. The summed E-state index contributed by atoms with van der Waals surface area (Å²) in [7, 11) is -2.69. The maximum absolute atomic E-state index is 14.1. The monoisotopic (exact) mass is 507 g/mol. The van der Waals surface area contributed by atoms with E-state index in [9.17, 15) is 13.2 Å². The minimum absolute atomic E-state index is 0.0374. The number of benzene rings is 2. The van der Waals surface area contributed by atoms with Crippen LogP contribution in [0.1, 0.15) is 53.4 Å². The SMILES string of the molecule is CCc1ccc2c(c1)CC[C@@H](C1CC1)N2S(=O)(=O)c1ccc(OCc2ccncn2)c(C(=O)OC)c1. The number of aryl methyl sites for hydroxylation is 2. The average Bonchev–Trinajstić information content (AvgIpc) is 3.76. The number of carbonyl (C=O) groups excluding carboxylic acids is 1. The molecule has 36 heavy (non-hydrogen) atoms. The van der Waals surface area contributed by atoms with E-state index in [0.29, 0.717) is 11.6 Å². The molecule has 1 saturated carbocycles. The van der Waals surface area contributed by atoms with Crippen LogP contribution in [0.4, 0.5) is 5.69 Å². The van der Waals surface area contributed by atoms with Gasteiger partial charge in [0.2, 0.25) is 0 Å². The van der Waals surface area contributed by atoms with Gasteiger partial charge in [-0.3, -0.25) is 4.31 Å². The maximum atomic E-state index is 14.1. The van der Waals surface area contributed by atoms with Crippen molar-refractivity contribution in [3.8, 4) is 5.75 Å². The zero-order valence-corrected chi connectivity index (χ0v) is 21.2. The fourth-order valence-corrected chi connectivity index (χ4v) is 6.63. The molecule has 188 valence electrons. The van der Waals surface area contributed by atoms with E-state index >= 15 is 0 Å². The zero-order chi connectivity index (χ0) is 25.3. The summed E-state index contributed by atoms with van der Waals surface area (Å²) in [5, 5.41) is 0. The molecular formula is C27H29N3O5S. The average molecular weight is 508 g/mol. The number of nitrogens with zero attached hydrogens (tertiary/aromatic N) is 3. The maximum Gasteiger partial charge on any atom is 0.341 e. The van der Waals surface area contributed by atoms with Crippen molar-refractivity contribution in [3.05, 3.63) is 77.4 Å². The quantitative estimate of drug-likeness (QED) is 0.419. The van der Waals surface area contributed by atoms with Gasteiger partial charge in [-0.1, -0.05) is 19.1 Å². The molecule has 5 rings (SSSR count). The lowest BCUT2D eigenvalue weighted by Crippen LogP contribution is -2.45. The van der Waals surface area contributed by atoms with Crippen LogP contribution in [-0.2, 0) is 34.2 Å². The molecule has 0 unspecified atom stereocenters. The Labute approximate surface area is 211 Å². The second-order valence-electron chi connectivity index (χ2n) is 9.20. The van der Waals surface area contributed by atoms with Gasteiger partial charge in [0, 0.05) is 12.2 Å². The molecule has 1 atom stereocenters. The first-order valence-electron chi connectivity index (χ1n) is 12.2. The van der Waals surface area contributed by atoms with Gasteiger partial charge in [-0.05, 0) is 79.5 Å². The number of fused-ring (bicyclic) bond motifs is 1. The third kappa shape index (κ3) is 4.67. The van der Waals surface area contributed by atoms with Gasteiger partial charge in [0.1, 0.15) is 24.2 Å². The highest BCUT2D eigenvalue weighted by molar-refractivity contribution is 7.92. The molecule has 0 N–H and O–H groups in total. The first-order valence-corrected chi connectivity index (χ1v) is 13.6. The molecule has 2 heterocycles. The first kappa shape index (κ1) is 24.2. The van der Waals surface area contributed by atoms with E-state index in [1.807, 2.05) is 12.1 Å². The molecule has 0 amide bonds. The molecular weight excluding hydrogens is 478 g/mol. The van der Waals surface area contributed by atoms with Crippen molar-refractivity contribution in [1.82, 2.24) is 9.97 Å². The fourth-order valence-electron chi connectivity index (χ4n) is 4.82. The topological polar surface area (TPSA) is 98.7 Å². The fraction of sp³-hybridized carbons (Fsp3) is 0.370. The summed E-state index contributed by atoms with van der Waals surface area (Å²) in [6.07, 6.45) is 7.61. The molecule has 0 spiro atoms. The van der Waals surface area contributed by atoms with Gasteiger partial charge in [0.15, 0.2) is 0 Å². The molecule has 9 heteroatoms. The van der Waals surface area contributed by atoms with Crippen LogP contribution in [0.3, 0.4) is 0 Å². The Morgan fingerprint density at radius 3 is 2.64 bits per heavy atom. The number of hydrogen-bond donors (Lipinski definition) is 0. The Morgan fingerprint density at radius 2 is 1.94 bits per heavy atom. The van der Waals surface area contributed by atoms with E-state index in [4.69, 9.17) is 9.47 Å². The van der Waals surface area contributed by atoms with Crippen LogP contribution >= 0.6 is 0 Å². The van der Waals surface area contributed by atoms with Gasteiger partial charge >= 0.3 is 5.97 Å². The lowest BCUT2D eigenvalue weighted by atomic mass is 9.93. The predicted octanol–water partition coefficient (Wildman–Crippen LogP) is 4.32. The van der Waals surface area contributed by atoms with Gasteiger partial charge < -0.3 is 9.47 Å². The van der Waals surface area contributed by atoms with Gasteiger partial charge in [0.05, 0.1) is 23.4 Å². The molecule has 1 aliphatic heterocycles. The molecule has 0 bridgehead atoms. The highest BCUT2D eigenvalue weighted by atomic mass is 32.2.